The Kier molecular flexibility index (Phi) is 4.77. The summed E-state index contributed by atoms with van der Waals surface area (Å²) in [7, 11) is 0. The fourth-order valence-electron chi connectivity index (χ4n) is 3.38. The Balaban J connectivity index is 1.61. The summed E-state index contributed by atoms with van der Waals surface area (Å²) in [5.74, 6) is -0.135. The summed E-state index contributed by atoms with van der Waals surface area (Å²) < 4.78 is 0. The Morgan fingerprint density at radius 3 is 2.54 bits per heavy atom. The number of amides is 1. The maximum atomic E-state index is 12.9. The number of nitrogens with one attached hydrogen (secondary N) is 1. The molecule has 3 N–H and O–H groups in total. The van der Waals surface area contributed by atoms with E-state index < -0.39 is 0 Å². The highest BCUT2D eigenvalue weighted by molar-refractivity contribution is 6.06. The monoisotopic (exact) mass is 367 g/mol. The van der Waals surface area contributed by atoms with Crippen molar-refractivity contribution in [2.45, 2.75) is 13.3 Å². The average Bonchev–Trinajstić information content (AvgIpc) is 2.69. The van der Waals surface area contributed by atoms with Gasteiger partial charge in [-0.1, -0.05) is 48.5 Å². The lowest BCUT2D eigenvalue weighted by Gasteiger charge is -2.12. The van der Waals surface area contributed by atoms with Crippen molar-refractivity contribution in [3.05, 3.63) is 101 Å². The number of fused-ring (bicyclic) bond motifs is 1. The third kappa shape index (κ3) is 3.71. The minimum Gasteiger partial charge on any atom is -0.398 e. The van der Waals surface area contributed by atoms with Crippen molar-refractivity contribution in [3.8, 4) is 0 Å². The number of hydrogen-bond donors (Lipinski definition) is 2. The quantitative estimate of drug-likeness (QED) is 0.535. The third-order valence-corrected chi connectivity index (χ3v) is 4.73. The van der Waals surface area contributed by atoms with Gasteiger partial charge in [-0.25, -0.2) is 0 Å². The van der Waals surface area contributed by atoms with Crippen LogP contribution in [-0.2, 0) is 6.42 Å². The fourth-order valence-corrected chi connectivity index (χ4v) is 3.38. The van der Waals surface area contributed by atoms with Gasteiger partial charge in [0.1, 0.15) is 0 Å². The van der Waals surface area contributed by atoms with E-state index in [1.54, 1.807) is 0 Å². The summed E-state index contributed by atoms with van der Waals surface area (Å²) in [6.07, 6.45) is 0.707. The minimum absolute atomic E-state index is 0.135. The molecule has 0 saturated carbocycles. The van der Waals surface area contributed by atoms with Gasteiger partial charge in [-0.2, -0.15) is 0 Å². The summed E-state index contributed by atoms with van der Waals surface area (Å²) >= 11 is 0. The molecule has 1 heterocycles. The highest BCUT2D eigenvalue weighted by Crippen LogP contribution is 2.25. The molecule has 0 spiro atoms. The molecule has 4 nitrogen and oxygen atoms in total. The van der Waals surface area contributed by atoms with Gasteiger partial charge in [0.15, 0.2) is 0 Å². The van der Waals surface area contributed by atoms with Gasteiger partial charge in [-0.3, -0.25) is 9.78 Å². The molecular weight excluding hydrogens is 346 g/mol. The molecule has 0 radical (unpaired) electrons. The van der Waals surface area contributed by atoms with Crippen molar-refractivity contribution in [3.63, 3.8) is 0 Å². The molecule has 138 valence electrons. The Morgan fingerprint density at radius 1 is 0.964 bits per heavy atom. The summed E-state index contributed by atoms with van der Waals surface area (Å²) in [5, 5.41) is 3.83. The van der Waals surface area contributed by atoms with Crippen molar-refractivity contribution in [1.82, 2.24) is 4.98 Å². The van der Waals surface area contributed by atoms with Crippen LogP contribution in [-0.4, -0.2) is 10.9 Å². The zero-order valence-corrected chi connectivity index (χ0v) is 15.6. The standard InChI is InChI=1S/C24H21N3O/c1-16-13-22(25)21-15-19(11-12-23(21)26-16)27-24(28)20-10-6-5-9-18(20)14-17-7-3-2-4-8-17/h2-13,15H,14H2,1H3,(H2,25,26)(H,27,28). The highest BCUT2D eigenvalue weighted by atomic mass is 16.1. The molecule has 0 aliphatic rings. The Bertz CT molecular complexity index is 1150. The number of anilines is 2. The SMILES string of the molecule is Cc1cc(N)c2cc(NC(=O)c3ccccc3Cc3ccccc3)ccc2n1. The first kappa shape index (κ1) is 17.7. The Labute approximate surface area is 164 Å². The van der Waals surface area contributed by atoms with Gasteiger partial charge in [0.2, 0.25) is 0 Å². The summed E-state index contributed by atoms with van der Waals surface area (Å²) in [6.45, 7) is 1.91. The van der Waals surface area contributed by atoms with Crippen molar-refractivity contribution < 1.29 is 4.79 Å². The average molecular weight is 367 g/mol. The number of hydrogen-bond acceptors (Lipinski definition) is 3. The van der Waals surface area contributed by atoms with Crippen molar-refractivity contribution in [2.75, 3.05) is 11.1 Å². The van der Waals surface area contributed by atoms with E-state index in [0.717, 1.165) is 22.2 Å². The number of pyridine rings is 1. The number of nitrogens with zero attached hydrogens (tertiary/aromatic N) is 1. The van der Waals surface area contributed by atoms with Crippen LogP contribution in [0.25, 0.3) is 10.9 Å². The molecular formula is C24H21N3O. The number of rotatable bonds is 4. The predicted molar refractivity (Wildman–Crippen MR) is 115 cm³/mol. The maximum absolute atomic E-state index is 12.9. The lowest BCUT2D eigenvalue weighted by atomic mass is 9.99. The molecule has 0 aliphatic heterocycles. The number of carbonyl (C=O) groups is 1. The van der Waals surface area contributed by atoms with Crippen LogP contribution in [0.2, 0.25) is 0 Å². The molecule has 4 rings (SSSR count). The zero-order chi connectivity index (χ0) is 19.5. The maximum Gasteiger partial charge on any atom is 0.255 e. The zero-order valence-electron chi connectivity index (χ0n) is 15.6. The van der Waals surface area contributed by atoms with Gasteiger partial charge >= 0.3 is 0 Å². The smallest absolute Gasteiger partial charge is 0.255 e. The molecule has 0 bridgehead atoms. The van der Waals surface area contributed by atoms with Crippen molar-refractivity contribution in [1.29, 1.82) is 0 Å². The van der Waals surface area contributed by atoms with Gasteiger partial charge in [-0.05, 0) is 54.8 Å². The topological polar surface area (TPSA) is 68.0 Å². The molecule has 0 aliphatic carbocycles. The van der Waals surface area contributed by atoms with E-state index in [-0.39, 0.29) is 5.91 Å². The number of nitrogen functional groups attached to an aromatic ring is 1. The third-order valence-electron chi connectivity index (χ3n) is 4.73. The van der Waals surface area contributed by atoms with E-state index in [1.807, 2.05) is 73.7 Å². The van der Waals surface area contributed by atoms with Crippen molar-refractivity contribution in [2.24, 2.45) is 0 Å². The number of carbonyl (C=O) groups excluding carboxylic acids is 1. The van der Waals surface area contributed by atoms with E-state index in [4.69, 9.17) is 5.73 Å². The normalized spacial score (nSPS) is 10.8. The van der Waals surface area contributed by atoms with Crippen LogP contribution in [0.4, 0.5) is 11.4 Å². The van der Waals surface area contributed by atoms with E-state index in [0.29, 0.717) is 23.4 Å². The first-order chi connectivity index (χ1) is 13.6. The molecule has 0 fully saturated rings. The molecule has 3 aromatic carbocycles. The molecule has 1 aromatic heterocycles. The van der Waals surface area contributed by atoms with Gasteiger partial charge in [0.05, 0.1) is 5.52 Å². The molecule has 28 heavy (non-hydrogen) atoms. The Morgan fingerprint density at radius 2 is 1.71 bits per heavy atom. The van der Waals surface area contributed by atoms with Crippen LogP contribution in [0.15, 0.2) is 78.9 Å². The van der Waals surface area contributed by atoms with Gasteiger partial charge < -0.3 is 11.1 Å². The molecule has 1 amide bonds. The summed E-state index contributed by atoms with van der Waals surface area (Å²) in [6, 6.07) is 25.3. The lowest BCUT2D eigenvalue weighted by Crippen LogP contribution is -2.14. The van der Waals surface area contributed by atoms with E-state index in [9.17, 15) is 4.79 Å². The first-order valence-electron chi connectivity index (χ1n) is 9.20. The molecule has 0 atom stereocenters. The van der Waals surface area contributed by atoms with Crippen LogP contribution < -0.4 is 11.1 Å². The fraction of sp³-hybridized carbons (Fsp3) is 0.0833. The summed E-state index contributed by atoms with van der Waals surface area (Å²) in [5.41, 5.74) is 12.0. The minimum atomic E-state index is -0.135. The molecule has 0 unspecified atom stereocenters. The van der Waals surface area contributed by atoms with Crippen LogP contribution in [0.3, 0.4) is 0 Å². The number of benzene rings is 3. The van der Waals surface area contributed by atoms with E-state index >= 15 is 0 Å². The Hall–Kier alpha value is -3.66. The number of aromatic nitrogens is 1. The number of nitrogens with two attached hydrogens (primary N) is 1. The van der Waals surface area contributed by atoms with Gasteiger partial charge in [0, 0.05) is 28.0 Å². The second kappa shape index (κ2) is 7.53. The van der Waals surface area contributed by atoms with Crippen molar-refractivity contribution >= 4 is 28.2 Å². The predicted octanol–water partition coefficient (Wildman–Crippen LogP) is 4.97. The van der Waals surface area contributed by atoms with Gasteiger partial charge in [0.25, 0.3) is 5.91 Å². The van der Waals surface area contributed by atoms with E-state index in [1.165, 1.54) is 5.56 Å². The largest absolute Gasteiger partial charge is 0.398 e. The van der Waals surface area contributed by atoms with Crippen LogP contribution in [0.1, 0.15) is 27.2 Å². The van der Waals surface area contributed by atoms with Crippen LogP contribution in [0, 0.1) is 6.92 Å². The van der Waals surface area contributed by atoms with Crippen LogP contribution in [0.5, 0.6) is 0 Å². The molecule has 4 aromatic rings. The number of aryl methyl sites for hydroxylation is 1. The van der Waals surface area contributed by atoms with E-state index in [2.05, 4.69) is 22.4 Å². The second-order valence-electron chi connectivity index (χ2n) is 6.86. The molecule has 4 heteroatoms. The van der Waals surface area contributed by atoms with Crippen LogP contribution >= 0.6 is 0 Å². The highest BCUT2D eigenvalue weighted by Gasteiger charge is 2.12. The first-order valence-corrected chi connectivity index (χ1v) is 9.20. The summed E-state index contributed by atoms with van der Waals surface area (Å²) in [4.78, 5) is 17.4. The lowest BCUT2D eigenvalue weighted by molar-refractivity contribution is 0.102. The molecule has 0 saturated heterocycles. The van der Waals surface area contributed by atoms with Gasteiger partial charge in [-0.15, -0.1) is 0 Å². The second-order valence-corrected chi connectivity index (χ2v) is 6.86.